The summed E-state index contributed by atoms with van der Waals surface area (Å²) in [6.45, 7) is 2.57. The van der Waals surface area contributed by atoms with Crippen molar-refractivity contribution in [1.29, 1.82) is 0 Å². The number of nitrogens with zero attached hydrogens (tertiary/aromatic N) is 1. The molecule has 4 nitrogen and oxygen atoms in total. The van der Waals surface area contributed by atoms with Gasteiger partial charge in [-0.2, -0.15) is 0 Å². The molecule has 1 aromatic carbocycles. The van der Waals surface area contributed by atoms with E-state index in [1.807, 2.05) is 7.05 Å². The molecular formula is C17H26FNO3. The summed E-state index contributed by atoms with van der Waals surface area (Å²) in [6, 6.07) is 6.52. The van der Waals surface area contributed by atoms with Crippen LogP contribution in [-0.4, -0.2) is 55.6 Å². The summed E-state index contributed by atoms with van der Waals surface area (Å²) in [7, 11) is 1.97. The first-order valence-electron chi connectivity index (χ1n) is 7.94. The molecule has 0 saturated carbocycles. The minimum atomic E-state index is -0.583. The van der Waals surface area contributed by atoms with Gasteiger partial charge >= 0.3 is 0 Å². The van der Waals surface area contributed by atoms with Crippen LogP contribution in [0.2, 0.25) is 0 Å². The van der Waals surface area contributed by atoms with E-state index in [1.165, 1.54) is 12.5 Å². The van der Waals surface area contributed by atoms with Crippen LogP contribution in [0.3, 0.4) is 0 Å². The minimum absolute atomic E-state index is 0.180. The normalized spacial score (nSPS) is 20.3. The first-order valence-corrected chi connectivity index (χ1v) is 7.94. The molecule has 2 rings (SSSR count). The average Bonchev–Trinajstić information content (AvgIpc) is 2.50. The molecule has 1 heterocycles. The van der Waals surface area contributed by atoms with E-state index in [0.29, 0.717) is 12.1 Å². The number of hydrogen-bond acceptors (Lipinski definition) is 4. The van der Waals surface area contributed by atoms with Gasteiger partial charge in [-0.05, 0) is 32.4 Å². The first-order chi connectivity index (χ1) is 10.6. The van der Waals surface area contributed by atoms with Crippen LogP contribution in [0.25, 0.3) is 0 Å². The highest BCUT2D eigenvalue weighted by Gasteiger charge is 2.17. The molecule has 124 valence electrons. The number of ether oxygens (including phenoxy) is 2. The van der Waals surface area contributed by atoms with E-state index in [4.69, 9.17) is 9.47 Å². The van der Waals surface area contributed by atoms with Crippen molar-refractivity contribution in [2.75, 3.05) is 33.4 Å². The molecule has 1 N–H and O–H groups in total. The van der Waals surface area contributed by atoms with Gasteiger partial charge in [0, 0.05) is 25.3 Å². The molecule has 1 aliphatic rings. The second-order valence-corrected chi connectivity index (χ2v) is 5.97. The third-order valence-electron chi connectivity index (χ3n) is 3.84. The van der Waals surface area contributed by atoms with Crippen LogP contribution in [0.5, 0.6) is 0 Å². The predicted molar refractivity (Wildman–Crippen MR) is 83.2 cm³/mol. The number of likely N-dealkylation sites (N-methyl/N-ethyl adjacent to an activating group) is 1. The van der Waals surface area contributed by atoms with Gasteiger partial charge < -0.3 is 19.5 Å². The lowest BCUT2D eigenvalue weighted by Crippen LogP contribution is -2.38. The quantitative estimate of drug-likeness (QED) is 0.799. The molecule has 5 heteroatoms. The molecule has 1 fully saturated rings. The van der Waals surface area contributed by atoms with E-state index in [0.717, 1.165) is 26.0 Å². The van der Waals surface area contributed by atoms with Gasteiger partial charge in [0.25, 0.3) is 0 Å². The molecular weight excluding hydrogens is 285 g/mol. The number of hydrogen-bond donors (Lipinski definition) is 1. The Morgan fingerprint density at radius 3 is 2.95 bits per heavy atom. The van der Waals surface area contributed by atoms with E-state index in [1.54, 1.807) is 18.2 Å². The fraction of sp³-hybridized carbons (Fsp3) is 0.647. The van der Waals surface area contributed by atoms with Gasteiger partial charge in [0.2, 0.25) is 0 Å². The maximum absolute atomic E-state index is 13.4. The highest BCUT2D eigenvalue weighted by Crippen LogP contribution is 2.13. The van der Waals surface area contributed by atoms with Crippen LogP contribution in [0.15, 0.2) is 24.3 Å². The number of aliphatic hydroxyl groups excluding tert-OH is 1. The lowest BCUT2D eigenvalue weighted by Gasteiger charge is -2.28. The summed E-state index contributed by atoms with van der Waals surface area (Å²) >= 11 is 0. The predicted octanol–water partition coefficient (Wildman–Crippen LogP) is 2.20. The van der Waals surface area contributed by atoms with Crippen LogP contribution >= 0.6 is 0 Å². The molecule has 0 spiro atoms. The Kier molecular flexibility index (Phi) is 7.25. The van der Waals surface area contributed by atoms with Crippen LogP contribution in [-0.2, 0) is 16.1 Å². The Morgan fingerprint density at radius 2 is 2.23 bits per heavy atom. The summed E-state index contributed by atoms with van der Waals surface area (Å²) in [6.07, 6.45) is 3.13. The second-order valence-electron chi connectivity index (χ2n) is 5.97. The molecule has 1 saturated heterocycles. The zero-order valence-electron chi connectivity index (χ0n) is 13.2. The Balaban J connectivity index is 1.62. The fourth-order valence-electron chi connectivity index (χ4n) is 2.71. The van der Waals surface area contributed by atoms with Gasteiger partial charge in [0.1, 0.15) is 5.82 Å². The van der Waals surface area contributed by atoms with Gasteiger partial charge in [-0.15, -0.1) is 0 Å². The molecule has 1 aliphatic heterocycles. The third-order valence-corrected chi connectivity index (χ3v) is 3.84. The van der Waals surface area contributed by atoms with Crippen molar-refractivity contribution in [2.45, 2.75) is 38.1 Å². The Hall–Kier alpha value is -1.01. The Morgan fingerprint density at radius 1 is 1.41 bits per heavy atom. The topological polar surface area (TPSA) is 41.9 Å². The maximum Gasteiger partial charge on any atom is 0.128 e. The highest BCUT2D eigenvalue weighted by atomic mass is 19.1. The number of halogens is 1. The fourth-order valence-corrected chi connectivity index (χ4v) is 2.71. The van der Waals surface area contributed by atoms with Gasteiger partial charge in [-0.3, -0.25) is 0 Å². The van der Waals surface area contributed by atoms with Crippen molar-refractivity contribution in [3.05, 3.63) is 35.6 Å². The summed E-state index contributed by atoms with van der Waals surface area (Å²) in [5.41, 5.74) is 0.513. The average molecular weight is 311 g/mol. The largest absolute Gasteiger partial charge is 0.389 e. The summed E-state index contributed by atoms with van der Waals surface area (Å²) in [5.74, 6) is -0.274. The first kappa shape index (κ1) is 17.3. The smallest absolute Gasteiger partial charge is 0.128 e. The molecule has 0 bridgehead atoms. The van der Waals surface area contributed by atoms with Crippen molar-refractivity contribution in [3.63, 3.8) is 0 Å². The number of rotatable bonds is 8. The zero-order valence-corrected chi connectivity index (χ0v) is 13.2. The van der Waals surface area contributed by atoms with Gasteiger partial charge in [0.05, 0.1) is 25.4 Å². The molecule has 2 unspecified atom stereocenters. The van der Waals surface area contributed by atoms with Crippen molar-refractivity contribution in [2.24, 2.45) is 0 Å². The monoisotopic (exact) mass is 311 g/mol. The van der Waals surface area contributed by atoms with Crippen LogP contribution in [0, 0.1) is 5.82 Å². The minimum Gasteiger partial charge on any atom is -0.389 e. The molecule has 0 amide bonds. The van der Waals surface area contributed by atoms with E-state index < -0.39 is 6.10 Å². The van der Waals surface area contributed by atoms with Crippen molar-refractivity contribution < 1.29 is 19.0 Å². The van der Waals surface area contributed by atoms with Gasteiger partial charge in [0.15, 0.2) is 0 Å². The van der Waals surface area contributed by atoms with Crippen LogP contribution in [0.4, 0.5) is 4.39 Å². The highest BCUT2D eigenvalue weighted by molar-refractivity contribution is 5.16. The van der Waals surface area contributed by atoms with Crippen molar-refractivity contribution >= 4 is 0 Å². The maximum atomic E-state index is 13.4. The summed E-state index contributed by atoms with van der Waals surface area (Å²) in [5, 5.41) is 10.00. The summed E-state index contributed by atoms with van der Waals surface area (Å²) < 4.78 is 24.5. The molecule has 1 aromatic rings. The summed E-state index contributed by atoms with van der Waals surface area (Å²) in [4.78, 5) is 2.06. The van der Waals surface area contributed by atoms with E-state index in [-0.39, 0.29) is 25.1 Å². The van der Waals surface area contributed by atoms with Crippen LogP contribution in [0.1, 0.15) is 24.8 Å². The Labute approximate surface area is 131 Å². The van der Waals surface area contributed by atoms with E-state index in [9.17, 15) is 9.50 Å². The molecule has 2 atom stereocenters. The van der Waals surface area contributed by atoms with Gasteiger partial charge in [-0.1, -0.05) is 18.2 Å². The lowest BCUT2D eigenvalue weighted by atomic mass is 10.1. The van der Waals surface area contributed by atoms with E-state index >= 15 is 0 Å². The van der Waals surface area contributed by atoms with Crippen LogP contribution < -0.4 is 0 Å². The molecule has 22 heavy (non-hydrogen) atoms. The number of aliphatic hydroxyl groups is 1. The molecule has 0 aliphatic carbocycles. The zero-order chi connectivity index (χ0) is 15.8. The third kappa shape index (κ3) is 6.01. The van der Waals surface area contributed by atoms with Crippen molar-refractivity contribution in [1.82, 2.24) is 4.90 Å². The second kappa shape index (κ2) is 9.20. The number of benzene rings is 1. The van der Waals surface area contributed by atoms with E-state index in [2.05, 4.69) is 4.90 Å². The van der Waals surface area contributed by atoms with Crippen molar-refractivity contribution in [3.8, 4) is 0 Å². The SMILES string of the molecule is CN(CC(O)COCc1ccccc1F)CC1CCCCO1. The lowest BCUT2D eigenvalue weighted by molar-refractivity contribution is -0.0205. The standard InChI is InChI=1S/C17H26FNO3/c1-19(11-16-7-4-5-9-22-16)10-15(20)13-21-12-14-6-2-3-8-17(14)18/h2-3,6,8,15-16,20H,4-5,7,9-13H2,1H3. The Bertz CT molecular complexity index is 438. The molecule has 0 radical (unpaired) electrons. The molecule has 0 aromatic heterocycles. The van der Waals surface area contributed by atoms with Gasteiger partial charge in [-0.25, -0.2) is 4.39 Å².